The molecule has 0 aromatic carbocycles. The summed E-state index contributed by atoms with van der Waals surface area (Å²) in [7, 11) is 0. The Labute approximate surface area is 134 Å². The van der Waals surface area contributed by atoms with E-state index in [1.807, 2.05) is 6.08 Å². The lowest BCUT2D eigenvalue weighted by Crippen LogP contribution is -2.56. The van der Waals surface area contributed by atoms with E-state index in [1.165, 1.54) is 5.57 Å². The molecule has 1 N–H and O–H groups in total. The monoisotopic (exact) mass is 302 g/mol. The van der Waals surface area contributed by atoms with E-state index in [1.54, 1.807) is 0 Å². The maximum Gasteiger partial charge on any atom is 0.138 e. The van der Waals surface area contributed by atoms with Gasteiger partial charge in [0, 0.05) is 17.3 Å². The SMILES string of the molecule is C=C[C@@]1(C)C=C2[C@@H](O)C[C@@H]3C(C)(C)C(=O)CC[C@]3(C)[C@H]2CC1. The predicted octanol–water partition coefficient (Wildman–Crippen LogP) is 4.29. The van der Waals surface area contributed by atoms with E-state index >= 15 is 0 Å². The molecule has 3 rings (SSSR count). The molecule has 0 amide bonds. The van der Waals surface area contributed by atoms with Crippen LogP contribution in [0.5, 0.6) is 0 Å². The Morgan fingerprint density at radius 2 is 1.95 bits per heavy atom. The van der Waals surface area contributed by atoms with Crippen LogP contribution in [0.3, 0.4) is 0 Å². The van der Waals surface area contributed by atoms with Gasteiger partial charge in [-0.05, 0) is 48.5 Å². The molecule has 2 saturated carbocycles. The van der Waals surface area contributed by atoms with Crippen molar-refractivity contribution in [3.8, 4) is 0 Å². The van der Waals surface area contributed by atoms with E-state index in [9.17, 15) is 9.90 Å². The molecule has 0 spiro atoms. The fraction of sp³-hybridized carbons (Fsp3) is 0.750. The second kappa shape index (κ2) is 4.80. The second-order valence-electron chi connectivity index (χ2n) is 8.90. The van der Waals surface area contributed by atoms with Crippen LogP contribution in [-0.2, 0) is 4.79 Å². The van der Waals surface area contributed by atoms with E-state index in [4.69, 9.17) is 0 Å². The van der Waals surface area contributed by atoms with E-state index in [2.05, 4.69) is 40.3 Å². The Morgan fingerprint density at radius 1 is 1.27 bits per heavy atom. The van der Waals surface area contributed by atoms with Crippen LogP contribution in [0.2, 0.25) is 0 Å². The molecule has 0 bridgehead atoms. The summed E-state index contributed by atoms with van der Waals surface area (Å²) in [6.45, 7) is 12.7. The molecule has 3 aliphatic rings. The number of fused-ring (bicyclic) bond motifs is 3. The minimum atomic E-state index is -0.396. The Hall–Kier alpha value is -0.890. The van der Waals surface area contributed by atoms with Gasteiger partial charge in [-0.15, -0.1) is 6.58 Å². The molecule has 122 valence electrons. The lowest BCUT2D eigenvalue weighted by Gasteiger charge is -2.59. The van der Waals surface area contributed by atoms with Gasteiger partial charge in [0.05, 0.1) is 6.10 Å². The Kier molecular flexibility index (Phi) is 3.49. The molecule has 0 heterocycles. The Balaban J connectivity index is 2.05. The minimum absolute atomic E-state index is 0.00993. The van der Waals surface area contributed by atoms with Crippen LogP contribution in [0.25, 0.3) is 0 Å². The number of ketones is 1. The highest BCUT2D eigenvalue weighted by atomic mass is 16.3. The zero-order valence-electron chi connectivity index (χ0n) is 14.5. The Morgan fingerprint density at radius 3 is 2.59 bits per heavy atom. The lowest BCUT2D eigenvalue weighted by atomic mass is 9.45. The van der Waals surface area contributed by atoms with Crippen LogP contribution < -0.4 is 0 Å². The minimum Gasteiger partial charge on any atom is -0.389 e. The highest BCUT2D eigenvalue weighted by molar-refractivity contribution is 5.85. The van der Waals surface area contributed by atoms with Gasteiger partial charge in [0.2, 0.25) is 0 Å². The molecular weight excluding hydrogens is 272 g/mol. The van der Waals surface area contributed by atoms with Crippen molar-refractivity contribution in [3.05, 3.63) is 24.3 Å². The first-order valence-corrected chi connectivity index (χ1v) is 8.72. The number of aliphatic hydroxyl groups is 1. The molecule has 0 aliphatic heterocycles. The zero-order chi connectivity index (χ0) is 16.3. The van der Waals surface area contributed by atoms with Gasteiger partial charge < -0.3 is 5.11 Å². The van der Waals surface area contributed by atoms with Crippen molar-refractivity contribution in [2.75, 3.05) is 0 Å². The average molecular weight is 302 g/mol. The second-order valence-corrected chi connectivity index (χ2v) is 8.90. The van der Waals surface area contributed by atoms with Crippen molar-refractivity contribution in [3.63, 3.8) is 0 Å². The Bertz CT molecular complexity index is 544. The predicted molar refractivity (Wildman–Crippen MR) is 89.4 cm³/mol. The molecule has 2 heteroatoms. The van der Waals surface area contributed by atoms with Gasteiger partial charge >= 0.3 is 0 Å². The summed E-state index contributed by atoms with van der Waals surface area (Å²) in [5, 5.41) is 10.8. The van der Waals surface area contributed by atoms with Crippen molar-refractivity contribution >= 4 is 5.78 Å². The van der Waals surface area contributed by atoms with E-state index in [0.29, 0.717) is 18.1 Å². The fourth-order valence-corrected chi connectivity index (χ4v) is 5.61. The van der Waals surface area contributed by atoms with Crippen LogP contribution in [-0.4, -0.2) is 17.0 Å². The third-order valence-corrected chi connectivity index (χ3v) is 7.25. The quantitative estimate of drug-likeness (QED) is 0.734. The number of allylic oxidation sites excluding steroid dienone is 2. The number of carbonyl (C=O) groups is 1. The number of hydrogen-bond donors (Lipinski definition) is 1. The van der Waals surface area contributed by atoms with Crippen molar-refractivity contribution in [1.82, 2.24) is 0 Å². The van der Waals surface area contributed by atoms with Crippen molar-refractivity contribution in [1.29, 1.82) is 0 Å². The normalized spacial score (nSPS) is 47.2. The van der Waals surface area contributed by atoms with E-state index in [-0.39, 0.29) is 22.2 Å². The van der Waals surface area contributed by atoms with Crippen LogP contribution in [0, 0.1) is 28.1 Å². The third-order valence-electron chi connectivity index (χ3n) is 7.25. The van der Waals surface area contributed by atoms with Crippen LogP contribution >= 0.6 is 0 Å². The maximum absolute atomic E-state index is 12.4. The van der Waals surface area contributed by atoms with Gasteiger partial charge in [-0.1, -0.05) is 39.8 Å². The van der Waals surface area contributed by atoms with Crippen LogP contribution in [0.15, 0.2) is 24.3 Å². The van der Waals surface area contributed by atoms with E-state index < -0.39 is 6.10 Å². The van der Waals surface area contributed by atoms with Gasteiger partial charge in [-0.25, -0.2) is 0 Å². The number of aliphatic hydroxyl groups excluding tert-OH is 1. The molecule has 0 radical (unpaired) electrons. The van der Waals surface area contributed by atoms with Gasteiger partial charge in [0.15, 0.2) is 0 Å². The molecule has 0 unspecified atom stereocenters. The first kappa shape index (κ1) is 16.0. The highest BCUT2D eigenvalue weighted by Crippen LogP contribution is 2.62. The first-order valence-electron chi connectivity index (χ1n) is 8.72. The summed E-state index contributed by atoms with van der Waals surface area (Å²) in [5.74, 6) is 1.08. The van der Waals surface area contributed by atoms with Crippen molar-refractivity contribution in [2.45, 2.75) is 65.9 Å². The molecule has 3 aliphatic carbocycles. The molecule has 2 nitrogen and oxygen atoms in total. The molecule has 0 aromatic rings. The average Bonchev–Trinajstić information content (AvgIpc) is 2.47. The van der Waals surface area contributed by atoms with Crippen LogP contribution in [0.4, 0.5) is 0 Å². The molecule has 0 saturated heterocycles. The van der Waals surface area contributed by atoms with E-state index in [0.717, 1.165) is 25.7 Å². The van der Waals surface area contributed by atoms with Gasteiger partial charge in [0.1, 0.15) is 5.78 Å². The van der Waals surface area contributed by atoms with Gasteiger partial charge in [0.25, 0.3) is 0 Å². The molecular formula is C20H30O2. The molecule has 0 aromatic heterocycles. The summed E-state index contributed by atoms with van der Waals surface area (Å²) >= 11 is 0. The van der Waals surface area contributed by atoms with Crippen molar-refractivity contribution < 1.29 is 9.90 Å². The van der Waals surface area contributed by atoms with Gasteiger partial charge in [-0.3, -0.25) is 4.79 Å². The first-order chi connectivity index (χ1) is 10.1. The zero-order valence-corrected chi connectivity index (χ0v) is 14.5. The summed E-state index contributed by atoms with van der Waals surface area (Å²) < 4.78 is 0. The largest absolute Gasteiger partial charge is 0.389 e. The fourth-order valence-electron chi connectivity index (χ4n) is 5.61. The highest BCUT2D eigenvalue weighted by Gasteiger charge is 2.58. The summed E-state index contributed by atoms with van der Waals surface area (Å²) in [4.78, 5) is 12.4. The topological polar surface area (TPSA) is 37.3 Å². The number of rotatable bonds is 1. The summed E-state index contributed by atoms with van der Waals surface area (Å²) in [5.41, 5.74) is 1.07. The number of carbonyl (C=O) groups excluding carboxylic acids is 1. The number of Topliss-reactive ketones (excluding diaryl/α,β-unsaturated/α-hetero) is 1. The number of hydrogen-bond acceptors (Lipinski definition) is 2. The molecule has 5 atom stereocenters. The third kappa shape index (κ3) is 2.06. The standard InChI is InChI=1S/C20H30O2/c1-6-19(4)9-7-14-13(12-19)15(21)11-16-18(2,3)17(22)8-10-20(14,16)5/h6,12,14-16,21H,1,7-11H2,2-5H3/t14-,15-,16+,19+,20+/m0/s1. The molecule has 22 heavy (non-hydrogen) atoms. The smallest absolute Gasteiger partial charge is 0.138 e. The summed E-state index contributed by atoms with van der Waals surface area (Å²) in [6.07, 6.45) is 8.49. The molecule has 2 fully saturated rings. The van der Waals surface area contributed by atoms with Gasteiger partial charge in [-0.2, -0.15) is 0 Å². The maximum atomic E-state index is 12.4. The lowest BCUT2D eigenvalue weighted by molar-refractivity contribution is -0.149. The van der Waals surface area contributed by atoms with Crippen LogP contribution in [0.1, 0.15) is 59.8 Å². The summed E-state index contributed by atoms with van der Waals surface area (Å²) in [6, 6.07) is 0. The van der Waals surface area contributed by atoms with Crippen molar-refractivity contribution in [2.24, 2.45) is 28.1 Å².